The Morgan fingerprint density at radius 1 is 1.00 bits per heavy atom. The molecule has 0 radical (unpaired) electrons. The molecule has 4 aromatic rings. The fraction of sp³-hybridized carbons (Fsp3) is 0.0455. The Kier molecular flexibility index (Phi) is 5.57. The lowest BCUT2D eigenvalue weighted by Crippen LogP contribution is -2.15. The molecule has 0 unspecified atom stereocenters. The van der Waals surface area contributed by atoms with Crippen LogP contribution in [-0.4, -0.2) is 25.9 Å². The SMILES string of the molecule is N/C(=N\OCc1nnn(-c2ccccc2F)c1-c1ccccc1)c1ccc(O)cc1F. The van der Waals surface area contributed by atoms with E-state index in [-0.39, 0.29) is 29.4 Å². The van der Waals surface area contributed by atoms with Gasteiger partial charge in [-0.1, -0.05) is 52.8 Å². The Hall–Kier alpha value is -4.27. The summed E-state index contributed by atoms with van der Waals surface area (Å²) in [5, 5.41) is 21.2. The molecule has 31 heavy (non-hydrogen) atoms. The van der Waals surface area contributed by atoms with Crippen molar-refractivity contribution in [2.45, 2.75) is 6.61 Å². The van der Waals surface area contributed by atoms with Gasteiger partial charge in [-0.15, -0.1) is 5.10 Å². The van der Waals surface area contributed by atoms with Crippen LogP contribution < -0.4 is 5.73 Å². The number of aromatic hydroxyl groups is 1. The number of aromatic nitrogens is 3. The number of rotatable bonds is 6. The fourth-order valence-electron chi connectivity index (χ4n) is 3.01. The van der Waals surface area contributed by atoms with E-state index in [9.17, 15) is 13.9 Å². The van der Waals surface area contributed by atoms with Crippen LogP contribution in [0.25, 0.3) is 16.9 Å². The summed E-state index contributed by atoms with van der Waals surface area (Å²) in [6.07, 6.45) is 0. The van der Waals surface area contributed by atoms with Crippen molar-refractivity contribution in [2.24, 2.45) is 10.9 Å². The van der Waals surface area contributed by atoms with Crippen LogP contribution in [0.2, 0.25) is 0 Å². The number of halogens is 2. The Morgan fingerprint density at radius 3 is 2.48 bits per heavy atom. The second-order valence-corrected chi connectivity index (χ2v) is 6.53. The van der Waals surface area contributed by atoms with Crippen molar-refractivity contribution < 1.29 is 18.7 Å². The van der Waals surface area contributed by atoms with E-state index in [4.69, 9.17) is 10.6 Å². The highest BCUT2D eigenvalue weighted by Crippen LogP contribution is 2.27. The van der Waals surface area contributed by atoms with Crippen molar-refractivity contribution in [1.82, 2.24) is 15.0 Å². The van der Waals surface area contributed by atoms with Gasteiger partial charge in [0.2, 0.25) is 0 Å². The van der Waals surface area contributed by atoms with Gasteiger partial charge in [0.1, 0.15) is 34.5 Å². The summed E-state index contributed by atoms with van der Waals surface area (Å²) in [6, 6.07) is 18.9. The normalized spacial score (nSPS) is 11.5. The molecule has 3 N–H and O–H groups in total. The number of hydrogen-bond donors (Lipinski definition) is 2. The molecule has 0 aliphatic rings. The second kappa shape index (κ2) is 8.62. The summed E-state index contributed by atoms with van der Waals surface area (Å²) in [5.41, 5.74) is 7.66. The van der Waals surface area contributed by atoms with Crippen LogP contribution in [0.5, 0.6) is 5.75 Å². The fourth-order valence-corrected chi connectivity index (χ4v) is 3.01. The van der Waals surface area contributed by atoms with Gasteiger partial charge in [0, 0.05) is 11.6 Å². The van der Waals surface area contributed by atoms with E-state index in [0.717, 1.165) is 11.6 Å². The Labute approximate surface area is 176 Å². The van der Waals surface area contributed by atoms with Gasteiger partial charge in [-0.25, -0.2) is 13.5 Å². The first-order valence-electron chi connectivity index (χ1n) is 9.24. The quantitative estimate of drug-likeness (QED) is 0.281. The predicted molar refractivity (Wildman–Crippen MR) is 110 cm³/mol. The van der Waals surface area contributed by atoms with Gasteiger partial charge in [-0.2, -0.15) is 0 Å². The third-order valence-corrected chi connectivity index (χ3v) is 4.46. The average Bonchev–Trinajstić information content (AvgIpc) is 3.18. The summed E-state index contributed by atoms with van der Waals surface area (Å²) < 4.78 is 29.7. The minimum atomic E-state index is -0.736. The second-order valence-electron chi connectivity index (χ2n) is 6.53. The lowest BCUT2D eigenvalue weighted by Gasteiger charge is -2.09. The number of hydrogen-bond acceptors (Lipinski definition) is 5. The Balaban J connectivity index is 1.65. The largest absolute Gasteiger partial charge is 0.508 e. The van der Waals surface area contributed by atoms with Gasteiger partial charge >= 0.3 is 0 Å². The molecule has 156 valence electrons. The number of para-hydroxylation sites is 1. The molecule has 0 spiro atoms. The van der Waals surface area contributed by atoms with E-state index < -0.39 is 11.6 Å². The zero-order chi connectivity index (χ0) is 21.8. The Morgan fingerprint density at radius 2 is 1.74 bits per heavy atom. The van der Waals surface area contributed by atoms with Crippen LogP contribution in [0.1, 0.15) is 11.3 Å². The van der Waals surface area contributed by atoms with Crippen molar-refractivity contribution in [3.8, 4) is 22.7 Å². The predicted octanol–water partition coefficient (Wildman–Crippen LogP) is 3.76. The first-order valence-corrected chi connectivity index (χ1v) is 9.24. The molecule has 9 heteroatoms. The molecule has 0 saturated carbocycles. The molecule has 7 nitrogen and oxygen atoms in total. The van der Waals surface area contributed by atoms with Gasteiger partial charge in [-0.05, 0) is 24.3 Å². The number of oxime groups is 1. The summed E-state index contributed by atoms with van der Waals surface area (Å²) in [4.78, 5) is 5.29. The summed E-state index contributed by atoms with van der Waals surface area (Å²) >= 11 is 0. The highest BCUT2D eigenvalue weighted by molar-refractivity contribution is 5.97. The number of phenolic OH excluding ortho intramolecular Hbond substituents is 1. The first-order chi connectivity index (χ1) is 15.0. The van der Waals surface area contributed by atoms with Crippen molar-refractivity contribution in [2.75, 3.05) is 0 Å². The molecule has 0 atom stereocenters. The molecule has 0 saturated heterocycles. The van der Waals surface area contributed by atoms with Gasteiger partial charge in [-0.3, -0.25) is 0 Å². The molecular formula is C22H17F2N5O2. The number of nitrogens with two attached hydrogens (primary N) is 1. The van der Waals surface area contributed by atoms with Gasteiger partial charge in [0.25, 0.3) is 0 Å². The monoisotopic (exact) mass is 421 g/mol. The smallest absolute Gasteiger partial charge is 0.173 e. The standard InChI is InChI=1S/C22H17F2N5O2/c23-17-8-4-5-9-20(17)29-21(14-6-2-1-3-7-14)19(26-28-29)13-31-27-22(25)16-11-10-15(30)12-18(16)24/h1-12,30H,13H2,(H2,25,27). The van der Waals surface area contributed by atoms with E-state index in [1.54, 1.807) is 18.2 Å². The highest BCUT2D eigenvalue weighted by atomic mass is 19.1. The molecular weight excluding hydrogens is 404 g/mol. The Bertz CT molecular complexity index is 1240. The first kappa shape index (κ1) is 20.0. The number of benzene rings is 3. The molecule has 3 aromatic carbocycles. The summed E-state index contributed by atoms with van der Waals surface area (Å²) in [6.45, 7) is -0.140. The minimum Gasteiger partial charge on any atom is -0.508 e. The van der Waals surface area contributed by atoms with Gasteiger partial charge < -0.3 is 15.7 Å². The molecule has 1 aromatic heterocycles. The molecule has 0 aliphatic carbocycles. The van der Waals surface area contributed by atoms with E-state index in [0.29, 0.717) is 11.4 Å². The molecule has 0 bridgehead atoms. The van der Waals surface area contributed by atoms with Crippen molar-refractivity contribution in [1.29, 1.82) is 0 Å². The van der Waals surface area contributed by atoms with Crippen LogP contribution in [0.15, 0.2) is 78.0 Å². The van der Waals surface area contributed by atoms with Gasteiger partial charge in [0.15, 0.2) is 12.4 Å². The maximum atomic E-state index is 14.4. The molecule has 0 amide bonds. The number of phenols is 1. The minimum absolute atomic E-state index is 0.0175. The number of nitrogens with zero attached hydrogens (tertiary/aromatic N) is 4. The van der Waals surface area contributed by atoms with Crippen LogP contribution in [0.4, 0.5) is 8.78 Å². The third-order valence-electron chi connectivity index (χ3n) is 4.46. The zero-order valence-corrected chi connectivity index (χ0v) is 16.1. The summed E-state index contributed by atoms with van der Waals surface area (Å²) in [7, 11) is 0. The molecule has 4 rings (SSSR count). The van der Waals surface area contributed by atoms with Crippen molar-refractivity contribution in [3.05, 3.63) is 95.7 Å². The molecule has 0 fully saturated rings. The van der Waals surface area contributed by atoms with E-state index in [2.05, 4.69) is 15.5 Å². The van der Waals surface area contributed by atoms with Crippen LogP contribution in [0.3, 0.4) is 0 Å². The van der Waals surface area contributed by atoms with E-state index in [1.165, 1.54) is 22.9 Å². The maximum Gasteiger partial charge on any atom is 0.173 e. The average molecular weight is 421 g/mol. The lowest BCUT2D eigenvalue weighted by molar-refractivity contribution is 0.128. The van der Waals surface area contributed by atoms with Crippen LogP contribution in [-0.2, 0) is 11.4 Å². The summed E-state index contributed by atoms with van der Waals surface area (Å²) in [5.74, 6) is -1.63. The van der Waals surface area contributed by atoms with Gasteiger partial charge in [0.05, 0.1) is 5.56 Å². The van der Waals surface area contributed by atoms with E-state index in [1.807, 2.05) is 30.3 Å². The van der Waals surface area contributed by atoms with Crippen LogP contribution in [0, 0.1) is 11.6 Å². The maximum absolute atomic E-state index is 14.4. The zero-order valence-electron chi connectivity index (χ0n) is 16.1. The number of amidine groups is 1. The highest BCUT2D eigenvalue weighted by Gasteiger charge is 2.19. The van der Waals surface area contributed by atoms with Crippen molar-refractivity contribution in [3.63, 3.8) is 0 Å². The molecule has 1 heterocycles. The van der Waals surface area contributed by atoms with Crippen LogP contribution >= 0.6 is 0 Å². The van der Waals surface area contributed by atoms with Crippen molar-refractivity contribution >= 4 is 5.84 Å². The molecule has 0 aliphatic heterocycles. The topological polar surface area (TPSA) is 98.5 Å². The van der Waals surface area contributed by atoms with E-state index >= 15 is 0 Å². The lowest BCUT2D eigenvalue weighted by atomic mass is 10.1. The third kappa shape index (κ3) is 4.20.